The molecule has 0 aliphatic carbocycles. The Morgan fingerprint density at radius 3 is 2.65 bits per heavy atom. The highest BCUT2D eigenvalue weighted by molar-refractivity contribution is 5.47. The molecule has 3 rings (SSSR count). The summed E-state index contributed by atoms with van der Waals surface area (Å²) in [6, 6.07) is 4.99. The number of aromatic nitrogens is 5. The van der Waals surface area contributed by atoms with Gasteiger partial charge in [-0.1, -0.05) is 6.07 Å². The van der Waals surface area contributed by atoms with Crippen LogP contribution in [-0.2, 0) is 0 Å². The summed E-state index contributed by atoms with van der Waals surface area (Å²) in [4.78, 5) is 12.5. The first kappa shape index (κ1) is 14.9. The van der Waals surface area contributed by atoms with Crippen molar-refractivity contribution in [1.29, 1.82) is 0 Å². The number of nitrogens with two attached hydrogens (primary N) is 1. The molecule has 8 heteroatoms. The van der Waals surface area contributed by atoms with Crippen LogP contribution >= 0.6 is 0 Å². The molecule has 118 valence electrons. The maximum absolute atomic E-state index is 6.26. The number of nitrogens with zero attached hydrogens (tertiary/aromatic N) is 4. The molecule has 0 saturated carbocycles. The van der Waals surface area contributed by atoms with Gasteiger partial charge in [0, 0.05) is 12.4 Å². The van der Waals surface area contributed by atoms with Gasteiger partial charge in [-0.15, -0.1) is 0 Å². The minimum absolute atomic E-state index is 0.448. The predicted molar refractivity (Wildman–Crippen MR) is 83.0 cm³/mol. The Morgan fingerprint density at radius 2 is 1.96 bits per heavy atom. The normalized spacial score (nSPS) is 12.0. The summed E-state index contributed by atoms with van der Waals surface area (Å²) in [7, 11) is 3.16. The maximum atomic E-state index is 6.26. The van der Waals surface area contributed by atoms with Crippen molar-refractivity contribution in [1.82, 2.24) is 25.1 Å². The van der Waals surface area contributed by atoms with Gasteiger partial charge in [-0.3, -0.25) is 10.1 Å². The Labute approximate surface area is 132 Å². The van der Waals surface area contributed by atoms with Crippen molar-refractivity contribution in [2.45, 2.75) is 6.04 Å². The molecule has 8 nitrogen and oxygen atoms in total. The minimum atomic E-state index is -0.479. The van der Waals surface area contributed by atoms with Crippen LogP contribution in [0.3, 0.4) is 0 Å². The monoisotopic (exact) mass is 312 g/mol. The molecule has 2 aromatic heterocycles. The van der Waals surface area contributed by atoms with E-state index in [9.17, 15) is 0 Å². The van der Waals surface area contributed by atoms with Crippen molar-refractivity contribution in [2.24, 2.45) is 5.73 Å². The van der Waals surface area contributed by atoms with Crippen LogP contribution in [0.25, 0.3) is 11.5 Å². The van der Waals surface area contributed by atoms with Gasteiger partial charge in [0.05, 0.1) is 26.5 Å². The lowest BCUT2D eigenvalue weighted by Crippen LogP contribution is -2.14. The molecule has 0 fully saturated rings. The quantitative estimate of drug-likeness (QED) is 0.730. The average molecular weight is 312 g/mol. The van der Waals surface area contributed by atoms with E-state index < -0.39 is 6.04 Å². The molecule has 23 heavy (non-hydrogen) atoms. The average Bonchev–Trinajstić information content (AvgIpc) is 3.11. The molecule has 2 heterocycles. The fourth-order valence-corrected chi connectivity index (χ4v) is 2.15. The van der Waals surface area contributed by atoms with Crippen LogP contribution in [0, 0.1) is 0 Å². The molecule has 1 aromatic carbocycles. The first-order valence-electron chi connectivity index (χ1n) is 6.89. The van der Waals surface area contributed by atoms with Crippen LogP contribution < -0.4 is 15.2 Å². The summed E-state index contributed by atoms with van der Waals surface area (Å²) in [6.07, 6.45) is 4.76. The second-order valence-corrected chi connectivity index (χ2v) is 4.73. The highest BCUT2D eigenvalue weighted by Gasteiger charge is 2.17. The predicted octanol–water partition coefficient (Wildman–Crippen LogP) is 1.33. The summed E-state index contributed by atoms with van der Waals surface area (Å²) in [6.45, 7) is 0. The molecular weight excluding hydrogens is 296 g/mol. The van der Waals surface area contributed by atoms with Crippen LogP contribution in [0.1, 0.15) is 17.4 Å². The van der Waals surface area contributed by atoms with Crippen molar-refractivity contribution in [3.05, 3.63) is 48.2 Å². The van der Waals surface area contributed by atoms with Gasteiger partial charge in [0.1, 0.15) is 11.5 Å². The number of hydrogen-bond donors (Lipinski definition) is 2. The highest BCUT2D eigenvalue weighted by atomic mass is 16.5. The number of ether oxygens (including phenoxy) is 2. The third-order valence-electron chi connectivity index (χ3n) is 3.36. The van der Waals surface area contributed by atoms with E-state index in [4.69, 9.17) is 15.2 Å². The fourth-order valence-electron chi connectivity index (χ4n) is 2.15. The van der Waals surface area contributed by atoms with Crippen molar-refractivity contribution in [3.63, 3.8) is 0 Å². The number of methoxy groups -OCH3 is 2. The van der Waals surface area contributed by atoms with Gasteiger partial charge in [0.25, 0.3) is 0 Å². The second kappa shape index (κ2) is 6.41. The van der Waals surface area contributed by atoms with Crippen LogP contribution in [0.15, 0.2) is 36.8 Å². The van der Waals surface area contributed by atoms with Crippen LogP contribution in [0.5, 0.6) is 11.5 Å². The van der Waals surface area contributed by atoms with Gasteiger partial charge >= 0.3 is 0 Å². The molecular formula is C15H16N6O2. The van der Waals surface area contributed by atoms with Crippen LogP contribution in [-0.4, -0.2) is 39.4 Å². The van der Waals surface area contributed by atoms with Gasteiger partial charge in [0.15, 0.2) is 11.5 Å². The van der Waals surface area contributed by atoms with Gasteiger partial charge in [-0.2, -0.15) is 5.10 Å². The first-order valence-corrected chi connectivity index (χ1v) is 6.89. The molecule has 0 amide bonds. The van der Waals surface area contributed by atoms with Crippen molar-refractivity contribution < 1.29 is 9.47 Å². The summed E-state index contributed by atoms with van der Waals surface area (Å²) in [5.41, 5.74) is 7.66. The molecule has 0 bridgehead atoms. The van der Waals surface area contributed by atoms with E-state index in [1.807, 2.05) is 12.1 Å². The van der Waals surface area contributed by atoms with E-state index in [0.717, 1.165) is 5.56 Å². The number of H-pyrrole nitrogens is 1. The number of nitrogens with one attached hydrogen (secondary N) is 1. The van der Waals surface area contributed by atoms with Gasteiger partial charge in [0.2, 0.25) is 5.82 Å². The lowest BCUT2D eigenvalue weighted by Gasteiger charge is -2.12. The Hall–Kier alpha value is -3.00. The largest absolute Gasteiger partial charge is 0.493 e. The highest BCUT2D eigenvalue weighted by Crippen LogP contribution is 2.30. The van der Waals surface area contributed by atoms with Crippen molar-refractivity contribution >= 4 is 0 Å². The third kappa shape index (κ3) is 2.97. The minimum Gasteiger partial charge on any atom is -0.493 e. The third-order valence-corrected chi connectivity index (χ3v) is 3.36. The Kier molecular flexibility index (Phi) is 4.15. The molecule has 0 unspecified atom stereocenters. The summed E-state index contributed by atoms with van der Waals surface area (Å²) in [5.74, 6) is 2.22. The smallest absolute Gasteiger partial charge is 0.201 e. The Balaban J connectivity index is 1.89. The Morgan fingerprint density at radius 1 is 1.13 bits per heavy atom. The first-order chi connectivity index (χ1) is 11.2. The van der Waals surface area contributed by atoms with Crippen molar-refractivity contribution in [2.75, 3.05) is 14.2 Å². The zero-order valence-corrected chi connectivity index (χ0v) is 12.7. The molecule has 3 N–H and O–H groups in total. The fraction of sp³-hybridized carbons (Fsp3) is 0.200. The van der Waals surface area contributed by atoms with Gasteiger partial charge < -0.3 is 15.2 Å². The zero-order valence-electron chi connectivity index (χ0n) is 12.7. The van der Waals surface area contributed by atoms with E-state index in [0.29, 0.717) is 28.8 Å². The lowest BCUT2D eigenvalue weighted by atomic mass is 10.1. The summed E-state index contributed by atoms with van der Waals surface area (Å²) < 4.78 is 10.5. The van der Waals surface area contributed by atoms with Gasteiger partial charge in [-0.25, -0.2) is 9.97 Å². The van der Waals surface area contributed by atoms with Crippen molar-refractivity contribution in [3.8, 4) is 23.0 Å². The van der Waals surface area contributed by atoms with Gasteiger partial charge in [-0.05, 0) is 17.7 Å². The Bertz CT molecular complexity index is 790. The molecule has 0 radical (unpaired) electrons. The van der Waals surface area contributed by atoms with E-state index in [1.165, 1.54) is 0 Å². The molecule has 3 aromatic rings. The topological polar surface area (TPSA) is 112 Å². The number of aromatic amines is 1. The number of hydrogen-bond acceptors (Lipinski definition) is 7. The zero-order chi connectivity index (χ0) is 16.2. The van der Waals surface area contributed by atoms with Crippen LogP contribution in [0.4, 0.5) is 0 Å². The molecule has 0 spiro atoms. The van der Waals surface area contributed by atoms with E-state index in [-0.39, 0.29) is 0 Å². The second-order valence-electron chi connectivity index (χ2n) is 4.73. The molecule has 0 aliphatic rings. The maximum Gasteiger partial charge on any atom is 0.201 e. The molecule has 1 atom stereocenters. The van der Waals surface area contributed by atoms with E-state index >= 15 is 0 Å². The summed E-state index contributed by atoms with van der Waals surface area (Å²) >= 11 is 0. The lowest BCUT2D eigenvalue weighted by molar-refractivity contribution is 0.354. The molecule has 0 saturated heterocycles. The van der Waals surface area contributed by atoms with E-state index in [1.54, 1.807) is 38.9 Å². The number of rotatable bonds is 5. The van der Waals surface area contributed by atoms with Crippen LogP contribution in [0.2, 0.25) is 0 Å². The number of benzene rings is 1. The molecule has 0 aliphatic heterocycles. The standard InChI is InChI=1S/C15H16N6O2/c1-22-11-4-3-9(7-12(11)23-2)13(16)15-19-14(20-21-15)10-8-17-5-6-18-10/h3-8,13H,16H2,1-2H3,(H,19,20,21)/t13-/m1/s1. The SMILES string of the molecule is COc1ccc([C@@H](N)c2nc(-c3cnccn3)n[nH]2)cc1OC. The summed E-state index contributed by atoms with van der Waals surface area (Å²) in [5, 5.41) is 6.98. The van der Waals surface area contributed by atoms with E-state index in [2.05, 4.69) is 25.1 Å².